The van der Waals surface area contributed by atoms with Crippen LogP contribution in [0.25, 0.3) is 5.57 Å². The zero-order valence-corrected chi connectivity index (χ0v) is 22.2. The topological polar surface area (TPSA) is 94.1 Å². The fourth-order valence-electron chi connectivity index (χ4n) is 5.32. The molecular weight excluding hydrogens is 521 g/mol. The van der Waals surface area contributed by atoms with Gasteiger partial charge in [-0.3, -0.25) is 0 Å². The van der Waals surface area contributed by atoms with Gasteiger partial charge >= 0.3 is 12.1 Å². The molecule has 0 radical (unpaired) electrons. The molecule has 6 nitrogen and oxygen atoms in total. The number of aliphatic carboxylic acids is 1. The van der Waals surface area contributed by atoms with Crippen LogP contribution in [0.15, 0.2) is 96.0 Å². The Hall–Kier alpha value is -4.37. The number of nitrogens with two attached hydrogens (primary N) is 1. The number of hydrogen-bond donors (Lipinski definition) is 2. The molecule has 2 aliphatic rings. The summed E-state index contributed by atoms with van der Waals surface area (Å²) in [7, 11) is 3.46. The fraction of sp³-hybridized carbons (Fsp3) is 0.226. The second kappa shape index (κ2) is 11.0. The second-order valence-electron chi connectivity index (χ2n) is 9.43. The van der Waals surface area contributed by atoms with E-state index in [0.29, 0.717) is 12.3 Å². The van der Waals surface area contributed by atoms with Crippen molar-refractivity contribution in [3.63, 3.8) is 0 Å². The summed E-state index contributed by atoms with van der Waals surface area (Å²) in [6.45, 7) is 2.05. The van der Waals surface area contributed by atoms with Crippen molar-refractivity contribution in [3.05, 3.63) is 119 Å². The Balaban J connectivity index is 0.000000470. The van der Waals surface area contributed by atoms with Crippen LogP contribution in [-0.4, -0.2) is 42.9 Å². The zero-order chi connectivity index (χ0) is 29.1. The predicted molar refractivity (Wildman–Crippen MR) is 147 cm³/mol. The number of halogens is 3. The van der Waals surface area contributed by atoms with Crippen molar-refractivity contribution in [3.8, 4) is 5.75 Å². The van der Waals surface area contributed by atoms with Crippen LogP contribution in [0.2, 0.25) is 0 Å². The van der Waals surface area contributed by atoms with E-state index in [1.54, 1.807) is 14.2 Å². The van der Waals surface area contributed by atoms with Gasteiger partial charge < -0.3 is 20.3 Å². The highest BCUT2D eigenvalue weighted by Gasteiger charge is 2.57. The smallest absolute Gasteiger partial charge is 0.490 e. The minimum atomic E-state index is -5.08. The first-order chi connectivity index (χ1) is 19.0. The minimum Gasteiger partial charge on any atom is -0.496 e. The van der Waals surface area contributed by atoms with Gasteiger partial charge in [0.2, 0.25) is 0 Å². The number of fused-ring (bicyclic) bond motifs is 1. The summed E-state index contributed by atoms with van der Waals surface area (Å²) < 4.78 is 43.7. The Morgan fingerprint density at radius 2 is 1.68 bits per heavy atom. The minimum absolute atomic E-state index is 0.528. The van der Waals surface area contributed by atoms with Crippen LogP contribution < -0.4 is 10.5 Å². The third-order valence-electron chi connectivity index (χ3n) is 7.17. The molecule has 1 aliphatic heterocycles. The second-order valence-corrected chi connectivity index (χ2v) is 9.43. The van der Waals surface area contributed by atoms with Gasteiger partial charge in [-0.15, -0.1) is 0 Å². The van der Waals surface area contributed by atoms with Gasteiger partial charge in [0.15, 0.2) is 0 Å². The highest BCUT2D eigenvalue weighted by atomic mass is 19.4. The highest BCUT2D eigenvalue weighted by Crippen LogP contribution is 2.54. The van der Waals surface area contributed by atoms with Crippen LogP contribution in [0.1, 0.15) is 34.2 Å². The van der Waals surface area contributed by atoms with Gasteiger partial charge in [-0.2, -0.15) is 13.2 Å². The maximum absolute atomic E-state index is 10.6. The molecular formula is C31H29F3N2O4. The molecule has 9 heteroatoms. The van der Waals surface area contributed by atoms with Crippen LogP contribution >= 0.6 is 0 Å². The molecule has 0 spiro atoms. The number of nitrogens with zero attached hydrogens (tertiary/aromatic N) is 1. The Labute approximate surface area is 230 Å². The van der Waals surface area contributed by atoms with Crippen molar-refractivity contribution < 1.29 is 32.5 Å². The molecule has 0 saturated heterocycles. The number of carboxylic acids is 1. The van der Waals surface area contributed by atoms with Crippen molar-refractivity contribution in [1.29, 1.82) is 0 Å². The Bertz CT molecular complexity index is 1500. The van der Waals surface area contributed by atoms with E-state index >= 15 is 0 Å². The van der Waals surface area contributed by atoms with Crippen LogP contribution in [0.4, 0.5) is 13.2 Å². The number of allylic oxidation sites excluding steroid dienone is 2. The number of hydrogen-bond acceptors (Lipinski definition) is 5. The van der Waals surface area contributed by atoms with Gasteiger partial charge in [0, 0.05) is 19.1 Å². The van der Waals surface area contributed by atoms with E-state index in [4.69, 9.17) is 30.1 Å². The Morgan fingerprint density at radius 3 is 2.27 bits per heavy atom. The van der Waals surface area contributed by atoms with Crippen molar-refractivity contribution >= 4 is 17.4 Å². The van der Waals surface area contributed by atoms with Gasteiger partial charge in [-0.1, -0.05) is 72.8 Å². The fourth-order valence-corrected chi connectivity index (χ4v) is 5.32. The first-order valence-electron chi connectivity index (χ1n) is 12.4. The number of benzene rings is 3. The van der Waals surface area contributed by atoms with E-state index in [1.165, 1.54) is 11.1 Å². The van der Waals surface area contributed by atoms with E-state index in [9.17, 15) is 13.2 Å². The average molecular weight is 551 g/mol. The summed E-state index contributed by atoms with van der Waals surface area (Å²) in [5, 5.41) is 7.12. The monoisotopic (exact) mass is 550 g/mol. The van der Waals surface area contributed by atoms with Crippen LogP contribution in [0.3, 0.4) is 0 Å². The lowest BCUT2D eigenvalue weighted by Crippen LogP contribution is -2.51. The maximum Gasteiger partial charge on any atom is 0.490 e. The van der Waals surface area contributed by atoms with Crippen molar-refractivity contribution in [1.82, 2.24) is 0 Å². The number of amidine groups is 1. The number of aliphatic imine (C=N–C) groups is 1. The number of aryl methyl sites for hydroxylation is 1. The largest absolute Gasteiger partial charge is 0.496 e. The third kappa shape index (κ3) is 5.00. The maximum atomic E-state index is 10.6. The molecule has 0 bridgehead atoms. The molecule has 40 heavy (non-hydrogen) atoms. The van der Waals surface area contributed by atoms with Crippen molar-refractivity contribution in [2.24, 2.45) is 10.7 Å². The van der Waals surface area contributed by atoms with E-state index in [2.05, 4.69) is 67.6 Å². The van der Waals surface area contributed by atoms with Crippen molar-refractivity contribution in [2.45, 2.75) is 30.7 Å². The summed E-state index contributed by atoms with van der Waals surface area (Å²) in [5.41, 5.74) is 11.4. The van der Waals surface area contributed by atoms with E-state index in [1.807, 2.05) is 30.3 Å². The Kier molecular flexibility index (Phi) is 7.88. The van der Waals surface area contributed by atoms with Gasteiger partial charge in [0.1, 0.15) is 22.7 Å². The molecule has 2 atom stereocenters. The molecule has 3 aromatic carbocycles. The molecule has 0 saturated carbocycles. The van der Waals surface area contributed by atoms with Gasteiger partial charge in [0.05, 0.1) is 7.11 Å². The van der Waals surface area contributed by atoms with Crippen molar-refractivity contribution in [2.75, 3.05) is 14.2 Å². The Morgan fingerprint density at radius 1 is 1.02 bits per heavy atom. The first-order valence-corrected chi connectivity index (χ1v) is 12.4. The summed E-state index contributed by atoms with van der Waals surface area (Å²) in [5.74, 6) is -1.39. The zero-order valence-electron chi connectivity index (χ0n) is 22.2. The number of rotatable bonds is 5. The lowest BCUT2D eigenvalue weighted by molar-refractivity contribution is -0.192. The van der Waals surface area contributed by atoms with Gasteiger partial charge in [-0.05, 0) is 53.0 Å². The van der Waals surface area contributed by atoms with E-state index in [-0.39, 0.29) is 0 Å². The number of methoxy groups -OCH3 is 2. The van der Waals surface area contributed by atoms with Crippen LogP contribution in [0, 0.1) is 6.92 Å². The molecule has 1 heterocycles. The number of alkyl halides is 3. The van der Waals surface area contributed by atoms with Gasteiger partial charge in [-0.25, -0.2) is 9.79 Å². The summed E-state index contributed by atoms with van der Waals surface area (Å²) in [6.07, 6.45) is 1.95. The van der Waals surface area contributed by atoms with E-state index < -0.39 is 23.3 Å². The third-order valence-corrected chi connectivity index (χ3v) is 7.17. The normalized spacial score (nSPS) is 21.4. The summed E-state index contributed by atoms with van der Waals surface area (Å²) in [4.78, 5) is 14.1. The number of carbonyl (C=O) groups is 1. The average Bonchev–Trinajstić information content (AvgIpc) is 3.27. The molecule has 0 aromatic heterocycles. The summed E-state index contributed by atoms with van der Waals surface area (Å²) in [6, 6.07) is 24.9. The van der Waals surface area contributed by atoms with Gasteiger partial charge in [0.25, 0.3) is 0 Å². The lowest BCUT2D eigenvalue weighted by Gasteiger charge is -2.46. The molecule has 3 N–H and O–H groups in total. The molecule has 0 amide bonds. The van der Waals surface area contributed by atoms with Crippen LogP contribution in [-0.2, 0) is 15.1 Å². The molecule has 2 unspecified atom stereocenters. The quantitative estimate of drug-likeness (QED) is 0.405. The lowest BCUT2D eigenvalue weighted by atomic mass is 9.65. The number of carboxylic acid groups (broad SMARTS) is 1. The molecule has 1 aliphatic carbocycles. The van der Waals surface area contributed by atoms with E-state index in [0.717, 1.165) is 28.0 Å². The molecule has 5 rings (SSSR count). The molecule has 208 valence electrons. The molecule has 0 fully saturated rings. The van der Waals surface area contributed by atoms with Crippen LogP contribution in [0.5, 0.6) is 5.75 Å². The molecule has 3 aromatic rings. The summed E-state index contributed by atoms with van der Waals surface area (Å²) >= 11 is 0. The highest BCUT2D eigenvalue weighted by molar-refractivity contribution is 6.03. The first kappa shape index (κ1) is 28.6. The predicted octanol–water partition coefficient (Wildman–Crippen LogP) is 6.03. The SMILES string of the molecule is COc1ccc(C2(C3(OC)C=CC=C(c4ccccc4)C3)N=C(N)c3ccccc32)cc1C.O=C(O)C(F)(F)F. The number of ether oxygens (including phenoxy) is 2. The standard InChI is InChI=1S/C29H28N2O2.C2HF3O2/c1-20-18-23(15-16-26(20)32-2)29(25-14-8-7-13-24(25)27(30)31-29)28(33-3)17-9-12-22(19-28)21-10-5-4-6-11-21;3-2(4,5)1(6)7/h4-18H,19H2,1-3H3,(H2,30,31);(H,6,7).